The molecule has 0 aliphatic heterocycles. The van der Waals surface area contributed by atoms with E-state index in [-0.39, 0.29) is 18.9 Å². The summed E-state index contributed by atoms with van der Waals surface area (Å²) in [4.78, 5) is 34.8. The van der Waals surface area contributed by atoms with E-state index < -0.39 is 11.9 Å². The summed E-state index contributed by atoms with van der Waals surface area (Å²) in [6, 6.07) is 8.37. The Labute approximate surface area is 143 Å². The van der Waals surface area contributed by atoms with Crippen LogP contribution in [0.15, 0.2) is 41.1 Å². The summed E-state index contributed by atoms with van der Waals surface area (Å²) in [5.41, 5.74) is 2.11. The van der Waals surface area contributed by atoms with Gasteiger partial charge in [-0.05, 0) is 53.1 Å². The van der Waals surface area contributed by atoms with Crippen LogP contribution in [0.5, 0.6) is 0 Å². The molecule has 0 aliphatic carbocycles. The van der Waals surface area contributed by atoms with Gasteiger partial charge in [0.25, 0.3) is 11.8 Å². The zero-order chi connectivity index (χ0) is 17.4. The lowest BCUT2D eigenvalue weighted by Gasteiger charge is -2.07. The number of hydrogen-bond donors (Lipinski definition) is 2. The topological polar surface area (TPSA) is 84.5 Å². The number of hydrogen-bond acceptors (Lipinski definition) is 5. The number of anilines is 1. The van der Waals surface area contributed by atoms with Gasteiger partial charge in [-0.25, -0.2) is 0 Å². The summed E-state index contributed by atoms with van der Waals surface area (Å²) in [5, 5.41) is 9.04. The number of carbonyl (C=O) groups is 3. The molecule has 0 saturated heterocycles. The molecule has 24 heavy (non-hydrogen) atoms. The lowest BCUT2D eigenvalue weighted by Crippen LogP contribution is -2.21. The summed E-state index contributed by atoms with van der Waals surface area (Å²) in [7, 11) is 1.55. The first kappa shape index (κ1) is 17.7. The molecule has 2 N–H and O–H groups in total. The van der Waals surface area contributed by atoms with Gasteiger partial charge in [0.15, 0.2) is 6.61 Å². The van der Waals surface area contributed by atoms with Crippen molar-refractivity contribution in [1.82, 2.24) is 5.32 Å². The van der Waals surface area contributed by atoms with Gasteiger partial charge >= 0.3 is 5.97 Å². The van der Waals surface area contributed by atoms with Crippen LogP contribution in [-0.4, -0.2) is 31.4 Å². The van der Waals surface area contributed by atoms with Gasteiger partial charge in [0.2, 0.25) is 0 Å². The second-order valence-electron chi connectivity index (χ2n) is 5.00. The van der Waals surface area contributed by atoms with Crippen molar-refractivity contribution in [3.05, 3.63) is 52.2 Å². The third-order valence-electron chi connectivity index (χ3n) is 3.22. The molecule has 0 bridgehead atoms. The zero-order valence-electron chi connectivity index (χ0n) is 13.2. The largest absolute Gasteiger partial charge is 0.456 e. The first-order valence-electron chi connectivity index (χ1n) is 7.37. The minimum atomic E-state index is -0.424. The Bertz CT molecular complexity index is 696. The van der Waals surface area contributed by atoms with Crippen molar-refractivity contribution in [2.75, 3.05) is 19.0 Å². The SMILES string of the molecule is CNC(=O)c1ccc(NC(=O)COC(=O)CCc2ccsc2)cc1. The van der Waals surface area contributed by atoms with Crippen LogP contribution in [-0.2, 0) is 20.7 Å². The van der Waals surface area contributed by atoms with Crippen molar-refractivity contribution < 1.29 is 19.1 Å². The Morgan fingerprint density at radius 1 is 1.12 bits per heavy atom. The molecule has 0 unspecified atom stereocenters. The Morgan fingerprint density at radius 3 is 2.50 bits per heavy atom. The maximum atomic E-state index is 11.8. The maximum Gasteiger partial charge on any atom is 0.306 e. The van der Waals surface area contributed by atoms with Crippen molar-refractivity contribution in [3.8, 4) is 0 Å². The highest BCUT2D eigenvalue weighted by atomic mass is 32.1. The average Bonchev–Trinajstić information content (AvgIpc) is 3.11. The molecule has 7 heteroatoms. The third-order valence-corrected chi connectivity index (χ3v) is 3.95. The first-order valence-corrected chi connectivity index (χ1v) is 8.31. The van der Waals surface area contributed by atoms with Crippen molar-refractivity contribution in [3.63, 3.8) is 0 Å². The molecule has 0 atom stereocenters. The number of rotatable bonds is 7. The first-order chi connectivity index (χ1) is 11.6. The Hall–Kier alpha value is -2.67. The molecule has 126 valence electrons. The van der Waals surface area contributed by atoms with Gasteiger partial charge in [0.1, 0.15) is 0 Å². The highest BCUT2D eigenvalue weighted by Gasteiger charge is 2.09. The van der Waals surface area contributed by atoms with E-state index in [9.17, 15) is 14.4 Å². The highest BCUT2D eigenvalue weighted by Crippen LogP contribution is 2.10. The summed E-state index contributed by atoms with van der Waals surface area (Å²) >= 11 is 1.57. The van der Waals surface area contributed by atoms with Gasteiger partial charge in [-0.1, -0.05) is 0 Å². The Morgan fingerprint density at radius 2 is 1.88 bits per heavy atom. The number of benzene rings is 1. The Balaban J connectivity index is 1.72. The van der Waals surface area contributed by atoms with Gasteiger partial charge < -0.3 is 15.4 Å². The standard InChI is InChI=1S/C17H18N2O4S/c1-18-17(22)13-3-5-14(6-4-13)19-15(20)10-23-16(21)7-2-12-8-9-24-11-12/h3-6,8-9,11H,2,7,10H2,1H3,(H,18,22)(H,19,20). The van der Waals surface area contributed by atoms with E-state index in [2.05, 4.69) is 10.6 Å². The van der Waals surface area contributed by atoms with E-state index in [1.807, 2.05) is 16.8 Å². The highest BCUT2D eigenvalue weighted by molar-refractivity contribution is 7.07. The smallest absolute Gasteiger partial charge is 0.306 e. The van der Waals surface area contributed by atoms with E-state index in [0.29, 0.717) is 17.7 Å². The van der Waals surface area contributed by atoms with Crippen LogP contribution in [0, 0.1) is 0 Å². The van der Waals surface area contributed by atoms with Gasteiger partial charge in [0, 0.05) is 24.7 Å². The maximum absolute atomic E-state index is 11.8. The fourth-order valence-corrected chi connectivity index (χ4v) is 2.65. The molecule has 0 spiro atoms. The second kappa shape index (κ2) is 8.83. The van der Waals surface area contributed by atoms with E-state index in [1.54, 1.807) is 42.6 Å². The number of amides is 2. The zero-order valence-corrected chi connectivity index (χ0v) is 14.0. The van der Waals surface area contributed by atoms with Crippen LogP contribution in [0.2, 0.25) is 0 Å². The van der Waals surface area contributed by atoms with Gasteiger partial charge in [0.05, 0.1) is 0 Å². The lowest BCUT2D eigenvalue weighted by atomic mass is 10.2. The van der Waals surface area contributed by atoms with E-state index >= 15 is 0 Å². The summed E-state index contributed by atoms with van der Waals surface area (Å²) in [6.07, 6.45) is 0.843. The van der Waals surface area contributed by atoms with Crippen molar-refractivity contribution in [2.24, 2.45) is 0 Å². The normalized spacial score (nSPS) is 10.0. The molecule has 2 amide bonds. The lowest BCUT2D eigenvalue weighted by molar-refractivity contribution is -0.147. The molecule has 0 fully saturated rings. The average molecular weight is 346 g/mol. The number of ether oxygens (including phenoxy) is 1. The van der Waals surface area contributed by atoms with Crippen LogP contribution in [0.4, 0.5) is 5.69 Å². The minimum Gasteiger partial charge on any atom is -0.456 e. The third kappa shape index (κ3) is 5.51. The molecule has 2 aromatic rings. The fourth-order valence-electron chi connectivity index (χ4n) is 1.95. The molecule has 1 aromatic carbocycles. The number of carbonyl (C=O) groups excluding carboxylic acids is 3. The predicted molar refractivity (Wildman–Crippen MR) is 92.1 cm³/mol. The Kier molecular flexibility index (Phi) is 6.51. The van der Waals surface area contributed by atoms with Crippen LogP contribution in [0.3, 0.4) is 0 Å². The molecule has 1 heterocycles. The van der Waals surface area contributed by atoms with Gasteiger partial charge in [-0.2, -0.15) is 11.3 Å². The van der Waals surface area contributed by atoms with Crippen LogP contribution < -0.4 is 10.6 Å². The number of aryl methyl sites for hydroxylation is 1. The second-order valence-corrected chi connectivity index (χ2v) is 5.78. The summed E-state index contributed by atoms with van der Waals surface area (Å²) in [5.74, 6) is -1.04. The summed E-state index contributed by atoms with van der Waals surface area (Å²) < 4.78 is 4.94. The van der Waals surface area contributed by atoms with E-state index in [1.165, 1.54) is 0 Å². The van der Waals surface area contributed by atoms with Crippen LogP contribution in [0.25, 0.3) is 0 Å². The number of thiophene rings is 1. The minimum absolute atomic E-state index is 0.201. The van der Waals surface area contributed by atoms with Crippen LogP contribution >= 0.6 is 11.3 Å². The van der Waals surface area contributed by atoms with Crippen molar-refractivity contribution in [2.45, 2.75) is 12.8 Å². The molecule has 1 aromatic heterocycles. The molecule has 6 nitrogen and oxygen atoms in total. The van der Waals surface area contributed by atoms with E-state index in [0.717, 1.165) is 5.56 Å². The van der Waals surface area contributed by atoms with Crippen molar-refractivity contribution in [1.29, 1.82) is 0 Å². The molecule has 0 aliphatic rings. The van der Waals surface area contributed by atoms with E-state index in [4.69, 9.17) is 4.74 Å². The van der Waals surface area contributed by atoms with Gasteiger partial charge in [-0.15, -0.1) is 0 Å². The number of esters is 1. The monoisotopic (exact) mass is 346 g/mol. The van der Waals surface area contributed by atoms with Gasteiger partial charge in [-0.3, -0.25) is 14.4 Å². The molecular formula is C17H18N2O4S. The fraction of sp³-hybridized carbons (Fsp3) is 0.235. The van der Waals surface area contributed by atoms with Crippen LogP contribution in [0.1, 0.15) is 22.3 Å². The molecule has 0 radical (unpaired) electrons. The number of nitrogens with one attached hydrogen (secondary N) is 2. The quantitative estimate of drug-likeness (QED) is 0.753. The molecular weight excluding hydrogens is 328 g/mol. The molecule has 2 rings (SSSR count). The van der Waals surface area contributed by atoms with Crippen molar-refractivity contribution >= 4 is 34.8 Å². The predicted octanol–water partition coefficient (Wildman–Crippen LogP) is 2.22. The molecule has 0 saturated carbocycles. The summed E-state index contributed by atoms with van der Waals surface area (Å²) in [6.45, 7) is -0.334.